The van der Waals surface area contributed by atoms with Crippen molar-refractivity contribution in [1.29, 1.82) is 0 Å². The molecule has 8 aromatic rings. The van der Waals surface area contributed by atoms with E-state index in [1.807, 2.05) is 0 Å². The topological polar surface area (TPSA) is 4.93 Å². The van der Waals surface area contributed by atoms with E-state index in [-0.39, 0.29) is 11.5 Å². The van der Waals surface area contributed by atoms with Crippen LogP contribution in [0, 0.1) is 0 Å². The molecule has 2 heteroatoms. The first-order valence-corrected chi connectivity index (χ1v) is 17.6. The maximum Gasteiger partial charge on any atom is 0.152 e. The molecule has 0 saturated heterocycles. The van der Waals surface area contributed by atoms with Crippen LogP contribution in [0.1, 0.15) is 29.2 Å². The zero-order chi connectivity index (χ0) is 32.2. The zero-order valence-corrected chi connectivity index (χ0v) is 27.5. The monoisotopic (exact) mass is 625 g/mol. The average Bonchev–Trinajstić information content (AvgIpc) is 3.83. The van der Waals surface area contributed by atoms with Crippen LogP contribution < -0.4 is 4.48 Å². The summed E-state index contributed by atoms with van der Waals surface area (Å²) in [7, 11) is 2.49. The molecule has 12 rings (SSSR count). The summed E-state index contributed by atoms with van der Waals surface area (Å²) in [6.07, 6.45) is 8.22. The highest BCUT2D eigenvalue weighted by Gasteiger charge is 2.65. The van der Waals surface area contributed by atoms with Crippen LogP contribution in [0.25, 0.3) is 65.7 Å². The second-order valence-electron chi connectivity index (χ2n) is 14.9. The molecule has 2 nitrogen and oxygen atoms in total. The molecule has 3 heterocycles. The second kappa shape index (κ2) is 8.66. The number of aromatic nitrogens is 1. The van der Waals surface area contributed by atoms with Crippen LogP contribution in [0.4, 0.5) is 11.4 Å². The number of hydrogen-bond donors (Lipinski definition) is 0. The number of para-hydroxylation sites is 1. The standard InChI is InChI=1S/C47H33N2/c1-47-25-11-19-38-35-16-9-10-20-40(35)49(2,46(38)47)45-37-18-8-7-17-36(37)42-41-34-15-6-3-12-28(34)21-24-39(41)48(44(42)43(45)47)31-22-23-33-30(27-31)26-29-13-4-5-14-32(29)33/h3-25,27,46H,26H2,1-2H3/q+1. The number of nitrogens with zero attached hydrogens (tertiary/aromatic N) is 2. The summed E-state index contributed by atoms with van der Waals surface area (Å²) < 4.78 is 3.43. The van der Waals surface area contributed by atoms with E-state index in [1.54, 1.807) is 0 Å². The Labute approximate surface area is 285 Å². The molecule has 1 aromatic heterocycles. The van der Waals surface area contributed by atoms with Crippen LogP contribution in [0.15, 0.2) is 146 Å². The van der Waals surface area contributed by atoms with Gasteiger partial charge in [0.2, 0.25) is 0 Å². The number of rotatable bonds is 1. The largest absolute Gasteiger partial charge is 0.309 e. The number of allylic oxidation sites excluding steroid dienone is 2. The Morgan fingerprint density at radius 2 is 1.41 bits per heavy atom. The van der Waals surface area contributed by atoms with Crippen molar-refractivity contribution in [2.75, 3.05) is 7.05 Å². The summed E-state index contributed by atoms with van der Waals surface area (Å²) in [6, 6.07) is 48.5. The van der Waals surface area contributed by atoms with Gasteiger partial charge in [-0.3, -0.25) is 4.48 Å². The Kier molecular flexibility index (Phi) is 4.64. The van der Waals surface area contributed by atoms with Gasteiger partial charge in [0.05, 0.1) is 29.1 Å². The van der Waals surface area contributed by atoms with Crippen LogP contribution in [-0.4, -0.2) is 17.7 Å². The number of fused-ring (bicyclic) bond motifs is 18. The fourth-order valence-electron chi connectivity index (χ4n) is 10.9. The van der Waals surface area contributed by atoms with Gasteiger partial charge in [0.1, 0.15) is 11.7 Å². The molecule has 3 atom stereocenters. The fourth-order valence-corrected chi connectivity index (χ4v) is 10.9. The van der Waals surface area contributed by atoms with E-state index in [4.69, 9.17) is 0 Å². The lowest BCUT2D eigenvalue weighted by Crippen LogP contribution is -2.49. The first-order chi connectivity index (χ1) is 24.1. The fraction of sp³-hybridized carbons (Fsp3) is 0.106. The molecule has 49 heavy (non-hydrogen) atoms. The van der Waals surface area contributed by atoms with E-state index in [1.165, 1.54) is 99.4 Å². The zero-order valence-electron chi connectivity index (χ0n) is 27.5. The predicted molar refractivity (Wildman–Crippen MR) is 206 cm³/mol. The highest BCUT2D eigenvalue weighted by Crippen LogP contribution is 2.67. The van der Waals surface area contributed by atoms with E-state index in [9.17, 15) is 0 Å². The molecular weight excluding hydrogens is 593 g/mol. The van der Waals surface area contributed by atoms with Gasteiger partial charge in [0.15, 0.2) is 5.69 Å². The third kappa shape index (κ3) is 2.92. The first kappa shape index (κ1) is 26.3. The van der Waals surface area contributed by atoms with Crippen molar-refractivity contribution in [2.45, 2.75) is 24.8 Å². The molecule has 7 aromatic carbocycles. The summed E-state index contributed by atoms with van der Waals surface area (Å²) in [5.41, 5.74) is 16.4. The van der Waals surface area contributed by atoms with E-state index in [2.05, 4.69) is 164 Å². The average molecular weight is 626 g/mol. The summed E-state index contributed by atoms with van der Waals surface area (Å²) in [5.74, 6) is 0. The van der Waals surface area contributed by atoms with E-state index >= 15 is 0 Å². The van der Waals surface area contributed by atoms with Crippen molar-refractivity contribution < 1.29 is 0 Å². The second-order valence-corrected chi connectivity index (χ2v) is 14.9. The summed E-state index contributed by atoms with van der Waals surface area (Å²) >= 11 is 0. The van der Waals surface area contributed by atoms with Gasteiger partial charge >= 0.3 is 0 Å². The highest BCUT2D eigenvalue weighted by atomic mass is 15.4. The third-order valence-corrected chi connectivity index (χ3v) is 12.6. The molecule has 0 spiro atoms. The van der Waals surface area contributed by atoms with Crippen molar-refractivity contribution in [2.24, 2.45) is 0 Å². The van der Waals surface area contributed by atoms with Crippen molar-refractivity contribution in [3.8, 4) is 16.8 Å². The molecule has 0 fully saturated rings. The molecule has 230 valence electrons. The lowest BCUT2D eigenvalue weighted by atomic mass is 9.71. The van der Waals surface area contributed by atoms with Crippen molar-refractivity contribution in [3.63, 3.8) is 0 Å². The minimum atomic E-state index is -0.218. The van der Waals surface area contributed by atoms with Crippen LogP contribution in [-0.2, 0) is 11.8 Å². The maximum atomic E-state index is 2.64. The minimum Gasteiger partial charge on any atom is -0.309 e. The first-order valence-electron chi connectivity index (χ1n) is 17.6. The van der Waals surface area contributed by atoms with Gasteiger partial charge < -0.3 is 4.57 Å². The quantitative estimate of drug-likeness (QED) is 0.160. The highest BCUT2D eigenvalue weighted by molar-refractivity contribution is 6.32. The Hall–Kier alpha value is -5.70. The Morgan fingerprint density at radius 3 is 2.31 bits per heavy atom. The van der Waals surface area contributed by atoms with Gasteiger partial charge in [-0.1, -0.05) is 109 Å². The molecule has 0 saturated carbocycles. The van der Waals surface area contributed by atoms with Crippen molar-refractivity contribution >= 4 is 60.3 Å². The van der Waals surface area contributed by atoms with Crippen molar-refractivity contribution in [3.05, 3.63) is 168 Å². The van der Waals surface area contributed by atoms with Crippen LogP contribution >= 0.6 is 0 Å². The van der Waals surface area contributed by atoms with Gasteiger partial charge in [-0.2, -0.15) is 0 Å². The van der Waals surface area contributed by atoms with E-state index in [0.29, 0.717) is 0 Å². The lowest BCUT2D eigenvalue weighted by Gasteiger charge is -2.36. The number of benzene rings is 7. The lowest BCUT2D eigenvalue weighted by molar-refractivity contribution is 0.368. The molecule has 2 aliphatic carbocycles. The predicted octanol–water partition coefficient (Wildman–Crippen LogP) is 11.5. The Morgan fingerprint density at radius 1 is 0.673 bits per heavy atom. The van der Waals surface area contributed by atoms with Gasteiger partial charge in [-0.25, -0.2) is 0 Å². The molecule has 0 bridgehead atoms. The number of quaternary nitrogens is 1. The van der Waals surface area contributed by atoms with E-state index < -0.39 is 0 Å². The smallest absolute Gasteiger partial charge is 0.152 e. The van der Waals surface area contributed by atoms with Crippen LogP contribution in [0.3, 0.4) is 0 Å². The number of hydrogen-bond acceptors (Lipinski definition) is 0. The third-order valence-electron chi connectivity index (χ3n) is 12.6. The summed E-state index contributed by atoms with van der Waals surface area (Å²) in [6.45, 7) is 2.52. The Balaban J connectivity index is 1.32. The normalized spacial score (nSPS) is 22.4. The summed E-state index contributed by atoms with van der Waals surface area (Å²) in [5, 5.41) is 8.03. The molecular formula is C47H33N2+. The molecule has 3 unspecified atom stereocenters. The minimum absolute atomic E-state index is 0.218. The molecule has 4 aliphatic rings. The summed E-state index contributed by atoms with van der Waals surface area (Å²) in [4.78, 5) is 0. The molecule has 0 amide bonds. The molecule has 2 aliphatic heterocycles. The molecule has 0 radical (unpaired) electrons. The van der Waals surface area contributed by atoms with Gasteiger partial charge in [0.25, 0.3) is 0 Å². The molecule has 0 N–H and O–H groups in total. The van der Waals surface area contributed by atoms with Crippen LogP contribution in [0.5, 0.6) is 0 Å². The number of likely N-dealkylation sites (N-methyl/N-ethyl adjacent to an activating group) is 1. The van der Waals surface area contributed by atoms with Crippen LogP contribution in [0.2, 0.25) is 0 Å². The van der Waals surface area contributed by atoms with Gasteiger partial charge in [-0.15, -0.1) is 0 Å². The maximum absolute atomic E-state index is 2.64. The Bertz CT molecular complexity index is 2900. The van der Waals surface area contributed by atoms with Gasteiger partial charge in [0, 0.05) is 39.0 Å². The SMILES string of the molecule is CC12C=CC=C3c4ccccc4[N+](C)(c4c1c1c(c5ccccc45)c4c5ccccc5ccc4n1-c1ccc4c(c1)Cc1ccccc1-4)C32. The van der Waals surface area contributed by atoms with E-state index in [0.717, 1.165) is 10.9 Å². The van der Waals surface area contributed by atoms with Gasteiger partial charge in [-0.05, 0) is 82.1 Å². The van der Waals surface area contributed by atoms with Crippen molar-refractivity contribution in [1.82, 2.24) is 9.05 Å².